The van der Waals surface area contributed by atoms with Gasteiger partial charge in [-0.15, -0.1) is 22.7 Å². The minimum atomic E-state index is -0.233. The topological polar surface area (TPSA) is 86.2 Å². The molecule has 3 heterocycles. The van der Waals surface area contributed by atoms with E-state index in [0.717, 1.165) is 21.8 Å². The van der Waals surface area contributed by atoms with Crippen LogP contribution in [0.5, 0.6) is 11.5 Å². The smallest absolute Gasteiger partial charge is 0.269 e. The summed E-state index contributed by atoms with van der Waals surface area (Å²) >= 11 is 2.69. The molecule has 4 aromatic rings. The second kappa shape index (κ2) is 8.60. The zero-order valence-electron chi connectivity index (χ0n) is 16.5. The van der Waals surface area contributed by atoms with Crippen LogP contribution in [-0.2, 0) is 0 Å². The third kappa shape index (κ3) is 4.03. The molecule has 0 aliphatic carbocycles. The normalized spacial score (nSPS) is 10.6. The number of nitrogens with zero attached hydrogens (tertiary/aromatic N) is 3. The Morgan fingerprint density at radius 2 is 1.90 bits per heavy atom. The van der Waals surface area contributed by atoms with Crippen LogP contribution >= 0.6 is 22.7 Å². The van der Waals surface area contributed by atoms with Gasteiger partial charge in [0, 0.05) is 28.9 Å². The molecule has 152 valence electrons. The van der Waals surface area contributed by atoms with Gasteiger partial charge in [-0.3, -0.25) is 15.1 Å². The van der Waals surface area contributed by atoms with Crippen LogP contribution in [0.4, 0.5) is 5.13 Å². The summed E-state index contributed by atoms with van der Waals surface area (Å²) in [6.07, 6.45) is 3.45. The molecule has 0 aliphatic rings. The quantitative estimate of drug-likeness (QED) is 0.460. The van der Waals surface area contributed by atoms with Crippen molar-refractivity contribution in [2.45, 2.75) is 6.92 Å². The Labute approximate surface area is 181 Å². The summed E-state index contributed by atoms with van der Waals surface area (Å²) in [5.41, 5.74) is 3.19. The van der Waals surface area contributed by atoms with E-state index in [1.165, 1.54) is 22.7 Å². The van der Waals surface area contributed by atoms with E-state index in [-0.39, 0.29) is 5.91 Å². The number of pyridine rings is 1. The lowest BCUT2D eigenvalue weighted by atomic mass is 10.2. The van der Waals surface area contributed by atoms with Gasteiger partial charge in [0.15, 0.2) is 16.6 Å². The highest BCUT2D eigenvalue weighted by Gasteiger charge is 2.19. The van der Waals surface area contributed by atoms with Crippen molar-refractivity contribution in [2.75, 3.05) is 19.5 Å². The zero-order valence-corrected chi connectivity index (χ0v) is 18.1. The molecule has 0 fully saturated rings. The molecule has 0 unspecified atom stereocenters. The van der Waals surface area contributed by atoms with E-state index < -0.39 is 0 Å². The Kier molecular flexibility index (Phi) is 5.73. The molecule has 0 saturated carbocycles. The highest BCUT2D eigenvalue weighted by atomic mass is 32.1. The van der Waals surface area contributed by atoms with E-state index in [2.05, 4.69) is 20.3 Å². The Morgan fingerprint density at radius 1 is 1.07 bits per heavy atom. The third-order valence-corrected chi connectivity index (χ3v) is 6.28. The molecule has 0 spiro atoms. The lowest BCUT2D eigenvalue weighted by Gasteiger charge is -2.08. The largest absolute Gasteiger partial charge is 0.493 e. The number of amides is 1. The minimum Gasteiger partial charge on any atom is -0.493 e. The number of hydrogen-bond acceptors (Lipinski definition) is 8. The highest BCUT2D eigenvalue weighted by Crippen LogP contribution is 2.35. The fourth-order valence-corrected chi connectivity index (χ4v) is 4.50. The Morgan fingerprint density at radius 3 is 2.63 bits per heavy atom. The number of anilines is 1. The van der Waals surface area contributed by atoms with Crippen LogP contribution < -0.4 is 14.8 Å². The molecule has 0 bridgehead atoms. The van der Waals surface area contributed by atoms with Crippen LogP contribution in [0.25, 0.3) is 21.8 Å². The van der Waals surface area contributed by atoms with Crippen LogP contribution in [0, 0.1) is 6.92 Å². The van der Waals surface area contributed by atoms with Crippen molar-refractivity contribution in [3.63, 3.8) is 0 Å². The Bertz CT molecular complexity index is 1190. The van der Waals surface area contributed by atoms with E-state index in [1.807, 2.05) is 42.6 Å². The first-order chi connectivity index (χ1) is 14.6. The summed E-state index contributed by atoms with van der Waals surface area (Å²) in [5, 5.41) is 6.02. The van der Waals surface area contributed by atoms with Gasteiger partial charge >= 0.3 is 0 Å². The number of carbonyl (C=O) groups excluding carboxylic acids is 1. The van der Waals surface area contributed by atoms with Crippen molar-refractivity contribution in [2.24, 2.45) is 0 Å². The number of benzene rings is 1. The molecule has 0 saturated heterocycles. The van der Waals surface area contributed by atoms with Crippen LogP contribution in [0.3, 0.4) is 0 Å². The first-order valence-corrected chi connectivity index (χ1v) is 10.7. The van der Waals surface area contributed by atoms with E-state index in [0.29, 0.717) is 27.2 Å². The van der Waals surface area contributed by atoms with Gasteiger partial charge in [0.1, 0.15) is 9.88 Å². The standard InChI is InChI=1S/C21H18N4O3S2/c1-12-18(30-20(23-12)13-6-7-16(27-2)17(9-13)28-3)19(26)25-21-24-15(11-29-21)14-5-4-8-22-10-14/h4-11H,1-3H3,(H,24,25,26). The van der Waals surface area contributed by atoms with E-state index >= 15 is 0 Å². The van der Waals surface area contributed by atoms with Gasteiger partial charge in [0.05, 0.1) is 25.6 Å². The molecule has 0 radical (unpaired) electrons. The van der Waals surface area contributed by atoms with Gasteiger partial charge in [-0.1, -0.05) is 0 Å². The van der Waals surface area contributed by atoms with Gasteiger partial charge in [-0.2, -0.15) is 0 Å². The molecular weight excluding hydrogens is 420 g/mol. The first-order valence-electron chi connectivity index (χ1n) is 8.96. The third-order valence-electron chi connectivity index (χ3n) is 4.32. The van der Waals surface area contributed by atoms with Gasteiger partial charge in [-0.05, 0) is 37.3 Å². The summed E-state index contributed by atoms with van der Waals surface area (Å²) in [6.45, 7) is 1.82. The predicted molar refractivity (Wildman–Crippen MR) is 119 cm³/mol. The molecule has 3 aromatic heterocycles. The average molecular weight is 439 g/mol. The molecule has 1 N–H and O–H groups in total. The van der Waals surface area contributed by atoms with Gasteiger partial charge in [-0.25, -0.2) is 9.97 Å². The Hall–Kier alpha value is -3.30. The molecule has 30 heavy (non-hydrogen) atoms. The van der Waals surface area contributed by atoms with Gasteiger partial charge in [0.2, 0.25) is 0 Å². The number of rotatable bonds is 6. The fraction of sp³-hybridized carbons (Fsp3) is 0.143. The maximum absolute atomic E-state index is 12.8. The molecule has 0 aliphatic heterocycles. The number of methoxy groups -OCH3 is 2. The summed E-state index contributed by atoms with van der Waals surface area (Å²) in [7, 11) is 3.17. The monoisotopic (exact) mass is 438 g/mol. The molecule has 9 heteroatoms. The summed E-state index contributed by atoms with van der Waals surface area (Å²) < 4.78 is 10.6. The van der Waals surface area contributed by atoms with Crippen molar-refractivity contribution >= 4 is 33.7 Å². The van der Waals surface area contributed by atoms with E-state index in [1.54, 1.807) is 26.6 Å². The van der Waals surface area contributed by atoms with E-state index in [9.17, 15) is 4.79 Å². The number of hydrogen-bond donors (Lipinski definition) is 1. The van der Waals surface area contributed by atoms with Crippen molar-refractivity contribution in [1.82, 2.24) is 15.0 Å². The zero-order chi connectivity index (χ0) is 21.1. The number of aryl methyl sites for hydroxylation is 1. The number of carbonyl (C=O) groups is 1. The van der Waals surface area contributed by atoms with Crippen LogP contribution in [0.1, 0.15) is 15.4 Å². The van der Waals surface area contributed by atoms with Crippen molar-refractivity contribution in [3.8, 4) is 33.3 Å². The molecule has 1 aromatic carbocycles. The maximum atomic E-state index is 12.8. The van der Waals surface area contributed by atoms with Crippen molar-refractivity contribution in [3.05, 3.63) is 58.7 Å². The Balaban J connectivity index is 1.55. The summed E-state index contributed by atoms with van der Waals surface area (Å²) in [5.74, 6) is 1.02. The van der Waals surface area contributed by atoms with Crippen molar-refractivity contribution < 1.29 is 14.3 Å². The molecule has 0 atom stereocenters. The number of aromatic nitrogens is 3. The molecule has 7 nitrogen and oxygen atoms in total. The van der Waals surface area contributed by atoms with Crippen molar-refractivity contribution in [1.29, 1.82) is 0 Å². The highest BCUT2D eigenvalue weighted by molar-refractivity contribution is 7.17. The van der Waals surface area contributed by atoms with E-state index in [4.69, 9.17) is 9.47 Å². The van der Waals surface area contributed by atoms with Gasteiger partial charge in [0.25, 0.3) is 5.91 Å². The lowest BCUT2D eigenvalue weighted by Crippen LogP contribution is -2.11. The van der Waals surface area contributed by atoms with Crippen LogP contribution in [0.15, 0.2) is 48.1 Å². The summed E-state index contributed by atoms with van der Waals surface area (Å²) in [4.78, 5) is 26.5. The molecule has 4 rings (SSSR count). The second-order valence-electron chi connectivity index (χ2n) is 6.24. The van der Waals surface area contributed by atoms with Crippen LogP contribution in [-0.4, -0.2) is 35.1 Å². The lowest BCUT2D eigenvalue weighted by molar-refractivity contribution is 0.103. The molecular formula is C21H18N4O3S2. The maximum Gasteiger partial charge on any atom is 0.269 e. The summed E-state index contributed by atoms with van der Waals surface area (Å²) in [6, 6.07) is 9.34. The number of nitrogens with one attached hydrogen (secondary N) is 1. The SMILES string of the molecule is COc1ccc(-c2nc(C)c(C(=O)Nc3nc(-c4cccnc4)cs3)s2)cc1OC. The van der Waals surface area contributed by atoms with Gasteiger partial charge < -0.3 is 9.47 Å². The fourth-order valence-electron chi connectivity index (χ4n) is 2.83. The predicted octanol–water partition coefficient (Wildman–Crippen LogP) is 4.91. The second-order valence-corrected chi connectivity index (χ2v) is 8.09. The molecule has 1 amide bonds. The van der Waals surface area contributed by atoms with Crippen LogP contribution in [0.2, 0.25) is 0 Å². The minimum absolute atomic E-state index is 0.233. The number of thiazole rings is 2. The average Bonchev–Trinajstić information content (AvgIpc) is 3.40. The number of ether oxygens (including phenoxy) is 2. The first kappa shape index (κ1) is 20.0.